The molecule has 2 nitrogen and oxygen atoms in total. The second-order valence-corrected chi connectivity index (χ2v) is 5.96. The molecule has 0 unspecified atom stereocenters. The maximum absolute atomic E-state index is 12.3. The van der Waals surface area contributed by atoms with E-state index in [1.54, 1.807) is 0 Å². The van der Waals surface area contributed by atoms with Crippen molar-refractivity contribution in [1.82, 2.24) is 4.90 Å². The second-order valence-electron chi connectivity index (χ2n) is 5.96. The van der Waals surface area contributed by atoms with E-state index in [1.165, 1.54) is 11.1 Å². The quantitative estimate of drug-likeness (QED) is 0.725. The summed E-state index contributed by atoms with van der Waals surface area (Å²) in [4.78, 5) is 14.4. The molecule has 0 spiro atoms. The lowest BCUT2D eigenvalue weighted by atomic mass is 9.85. The van der Waals surface area contributed by atoms with Crippen LogP contribution in [0.3, 0.4) is 0 Å². The van der Waals surface area contributed by atoms with Crippen LogP contribution in [0.1, 0.15) is 37.8 Å². The number of rotatable bonds is 1. The predicted octanol–water partition coefficient (Wildman–Crippen LogP) is 2.76. The van der Waals surface area contributed by atoms with Crippen LogP contribution < -0.4 is 0 Å². The Balaban J connectivity index is 1.93. The van der Waals surface area contributed by atoms with Gasteiger partial charge in [0.25, 0.3) is 0 Å². The molecule has 0 radical (unpaired) electrons. The number of carbonyl (C=O) groups is 1. The van der Waals surface area contributed by atoms with Gasteiger partial charge in [-0.3, -0.25) is 4.79 Å². The lowest BCUT2D eigenvalue weighted by molar-refractivity contribution is -0.139. The summed E-state index contributed by atoms with van der Waals surface area (Å²) >= 11 is 0. The summed E-state index contributed by atoms with van der Waals surface area (Å²) in [5.41, 5.74) is 2.69. The van der Waals surface area contributed by atoms with Crippen LogP contribution in [-0.4, -0.2) is 16.3 Å². The van der Waals surface area contributed by atoms with E-state index in [0.29, 0.717) is 11.8 Å². The number of fused-ring (bicyclic) bond motifs is 1. The molecular formula is C15H19NO. The first-order valence-electron chi connectivity index (χ1n) is 6.46. The highest BCUT2D eigenvalue weighted by atomic mass is 16.2. The molecular weight excluding hydrogens is 210 g/mol. The van der Waals surface area contributed by atoms with Crippen molar-refractivity contribution >= 4 is 5.91 Å². The molecule has 17 heavy (non-hydrogen) atoms. The summed E-state index contributed by atoms with van der Waals surface area (Å²) < 4.78 is 0. The number of benzene rings is 1. The molecule has 2 heteroatoms. The summed E-state index contributed by atoms with van der Waals surface area (Å²) in [5.74, 6) is 0.684. The van der Waals surface area contributed by atoms with Gasteiger partial charge in [0.1, 0.15) is 0 Å². The van der Waals surface area contributed by atoms with Gasteiger partial charge in [0.15, 0.2) is 0 Å². The molecule has 1 aliphatic carbocycles. The molecule has 1 fully saturated rings. The third-order valence-corrected chi connectivity index (χ3v) is 3.99. The average molecular weight is 229 g/mol. The molecule has 1 aromatic carbocycles. The minimum Gasteiger partial charge on any atom is -0.333 e. The van der Waals surface area contributed by atoms with Crippen LogP contribution >= 0.6 is 0 Å². The smallest absolute Gasteiger partial charge is 0.226 e. The van der Waals surface area contributed by atoms with E-state index in [4.69, 9.17) is 0 Å². The summed E-state index contributed by atoms with van der Waals surface area (Å²) in [6, 6.07) is 8.50. The van der Waals surface area contributed by atoms with Crippen molar-refractivity contribution in [2.24, 2.45) is 5.92 Å². The number of nitrogens with zero attached hydrogens (tertiary/aromatic N) is 1. The fourth-order valence-electron chi connectivity index (χ4n) is 2.76. The van der Waals surface area contributed by atoms with Gasteiger partial charge in [-0.25, -0.2) is 0 Å². The van der Waals surface area contributed by atoms with Gasteiger partial charge in [-0.15, -0.1) is 0 Å². The molecule has 0 atom stereocenters. The Kier molecular flexibility index (Phi) is 2.29. The molecule has 1 amide bonds. The van der Waals surface area contributed by atoms with E-state index in [9.17, 15) is 4.79 Å². The zero-order valence-corrected chi connectivity index (χ0v) is 10.6. The van der Waals surface area contributed by atoms with Gasteiger partial charge in [-0.05, 0) is 44.2 Å². The number of hydrogen-bond acceptors (Lipinski definition) is 1. The minimum atomic E-state index is -0.0337. The van der Waals surface area contributed by atoms with E-state index in [2.05, 4.69) is 43.0 Å². The Hall–Kier alpha value is -1.31. The first-order valence-corrected chi connectivity index (χ1v) is 6.46. The van der Waals surface area contributed by atoms with E-state index in [1.807, 2.05) is 0 Å². The van der Waals surface area contributed by atoms with Crippen LogP contribution in [0.5, 0.6) is 0 Å². The van der Waals surface area contributed by atoms with E-state index < -0.39 is 0 Å². The summed E-state index contributed by atoms with van der Waals surface area (Å²) in [5, 5.41) is 0. The van der Waals surface area contributed by atoms with Crippen LogP contribution in [-0.2, 0) is 17.8 Å². The molecule has 1 aromatic rings. The van der Waals surface area contributed by atoms with Gasteiger partial charge in [0.2, 0.25) is 5.91 Å². The molecule has 3 rings (SSSR count). The fourth-order valence-corrected chi connectivity index (χ4v) is 2.76. The second kappa shape index (κ2) is 3.59. The SMILES string of the molecule is CC1(C)Cc2ccccc2CN1C(=O)C1CC1. The van der Waals surface area contributed by atoms with Gasteiger partial charge >= 0.3 is 0 Å². The van der Waals surface area contributed by atoms with Crippen molar-refractivity contribution in [3.8, 4) is 0 Å². The first-order chi connectivity index (χ1) is 8.08. The Labute approximate surface area is 103 Å². The normalized spacial score (nSPS) is 22.1. The maximum atomic E-state index is 12.3. The lowest BCUT2D eigenvalue weighted by Gasteiger charge is -2.43. The Morgan fingerprint density at radius 1 is 1.24 bits per heavy atom. The van der Waals surface area contributed by atoms with Gasteiger partial charge in [-0.2, -0.15) is 0 Å². The van der Waals surface area contributed by atoms with Gasteiger partial charge in [0.05, 0.1) is 0 Å². The highest BCUT2D eigenvalue weighted by molar-refractivity contribution is 5.82. The van der Waals surface area contributed by atoms with Crippen LogP contribution in [0.4, 0.5) is 0 Å². The Morgan fingerprint density at radius 2 is 1.88 bits per heavy atom. The molecule has 90 valence electrons. The molecule has 1 aliphatic heterocycles. The van der Waals surface area contributed by atoms with Crippen molar-refractivity contribution < 1.29 is 4.79 Å². The topological polar surface area (TPSA) is 20.3 Å². The molecule has 0 saturated heterocycles. The minimum absolute atomic E-state index is 0.0337. The van der Waals surface area contributed by atoms with E-state index >= 15 is 0 Å². The van der Waals surface area contributed by atoms with Crippen molar-refractivity contribution in [3.05, 3.63) is 35.4 Å². The first kappa shape index (κ1) is 10.8. The summed E-state index contributed by atoms with van der Waals surface area (Å²) in [6.07, 6.45) is 3.15. The highest BCUT2D eigenvalue weighted by Crippen LogP contribution is 2.37. The summed E-state index contributed by atoms with van der Waals surface area (Å²) in [6.45, 7) is 5.16. The number of amides is 1. The Morgan fingerprint density at radius 3 is 2.53 bits per heavy atom. The molecule has 0 N–H and O–H groups in total. The van der Waals surface area contributed by atoms with Gasteiger partial charge in [-0.1, -0.05) is 24.3 Å². The number of carbonyl (C=O) groups excluding carboxylic acids is 1. The molecule has 1 heterocycles. The van der Waals surface area contributed by atoms with Crippen molar-refractivity contribution in [2.45, 2.75) is 45.2 Å². The van der Waals surface area contributed by atoms with Crippen LogP contribution in [0.2, 0.25) is 0 Å². The van der Waals surface area contributed by atoms with Crippen LogP contribution in [0.25, 0.3) is 0 Å². The lowest BCUT2D eigenvalue weighted by Crippen LogP contribution is -2.52. The molecule has 0 aromatic heterocycles. The third kappa shape index (κ3) is 1.86. The van der Waals surface area contributed by atoms with Crippen molar-refractivity contribution in [3.63, 3.8) is 0 Å². The third-order valence-electron chi connectivity index (χ3n) is 3.99. The zero-order valence-electron chi connectivity index (χ0n) is 10.6. The standard InChI is InChI=1S/C15H19NO/c1-15(2)9-12-5-3-4-6-13(12)10-16(15)14(17)11-7-8-11/h3-6,11H,7-10H2,1-2H3. The van der Waals surface area contributed by atoms with Crippen molar-refractivity contribution in [2.75, 3.05) is 0 Å². The van der Waals surface area contributed by atoms with Crippen LogP contribution in [0.15, 0.2) is 24.3 Å². The maximum Gasteiger partial charge on any atom is 0.226 e. The van der Waals surface area contributed by atoms with E-state index in [0.717, 1.165) is 25.8 Å². The molecule has 1 saturated carbocycles. The predicted molar refractivity (Wildman–Crippen MR) is 67.5 cm³/mol. The molecule has 0 bridgehead atoms. The average Bonchev–Trinajstić information content (AvgIpc) is 3.09. The molecule has 2 aliphatic rings. The Bertz CT molecular complexity index is 460. The monoisotopic (exact) mass is 229 g/mol. The van der Waals surface area contributed by atoms with Crippen molar-refractivity contribution in [1.29, 1.82) is 0 Å². The van der Waals surface area contributed by atoms with Crippen LogP contribution in [0, 0.1) is 5.92 Å². The summed E-state index contributed by atoms with van der Waals surface area (Å²) in [7, 11) is 0. The zero-order chi connectivity index (χ0) is 12.0. The van der Waals surface area contributed by atoms with E-state index in [-0.39, 0.29) is 5.54 Å². The van der Waals surface area contributed by atoms with Gasteiger partial charge < -0.3 is 4.90 Å². The van der Waals surface area contributed by atoms with Gasteiger partial charge in [0, 0.05) is 18.0 Å². The highest BCUT2D eigenvalue weighted by Gasteiger charge is 2.41. The number of hydrogen-bond donors (Lipinski definition) is 0. The fraction of sp³-hybridized carbons (Fsp3) is 0.533. The largest absolute Gasteiger partial charge is 0.333 e.